The summed E-state index contributed by atoms with van der Waals surface area (Å²) in [7, 11) is 0. The smallest absolute Gasteiger partial charge is 0.276 e. The number of hydrazine groups is 1. The molecule has 0 spiro atoms. The van der Waals surface area contributed by atoms with E-state index in [1.54, 1.807) is 24.3 Å². The lowest BCUT2D eigenvalue weighted by Crippen LogP contribution is -2.38. The highest BCUT2D eigenvalue weighted by Gasteiger charge is 2.24. The molecule has 150 valence electrons. The molecule has 0 radical (unpaired) electrons. The third-order valence-electron chi connectivity index (χ3n) is 3.82. The molecule has 2 aromatic carbocycles. The highest BCUT2D eigenvalue weighted by Crippen LogP contribution is 2.28. The summed E-state index contributed by atoms with van der Waals surface area (Å²) in [5, 5.41) is 15.9. The van der Waals surface area contributed by atoms with Crippen LogP contribution in [0, 0.1) is 0 Å². The molecule has 3 aromatic rings. The second kappa shape index (κ2) is 9.04. The monoisotopic (exact) mass is 470 g/mol. The Morgan fingerprint density at radius 1 is 1.21 bits per heavy atom. The van der Waals surface area contributed by atoms with E-state index in [4.69, 9.17) is 52.9 Å². The van der Waals surface area contributed by atoms with E-state index in [9.17, 15) is 9.90 Å². The number of fused-ring (bicyclic) bond motifs is 1. The number of nitrogens with two attached hydrogens (primary N) is 1. The Balaban J connectivity index is 2.16. The molecule has 0 aliphatic heterocycles. The number of thiocarbonyl (C=S) groups is 1. The van der Waals surface area contributed by atoms with Gasteiger partial charge in [-0.25, -0.2) is 10.8 Å². The summed E-state index contributed by atoms with van der Waals surface area (Å²) in [4.78, 5) is 19.6. The Labute approximate surface area is 184 Å². The molecule has 0 saturated carbocycles. The summed E-state index contributed by atoms with van der Waals surface area (Å²) < 4.78 is 0. The van der Waals surface area contributed by atoms with Crippen LogP contribution in [0.15, 0.2) is 46.3 Å². The molecule has 1 atom stereocenters. The Morgan fingerprint density at radius 3 is 2.59 bits per heavy atom. The van der Waals surface area contributed by atoms with E-state index >= 15 is 0 Å². The Hall–Kier alpha value is -2.27. The molecule has 0 aliphatic carbocycles. The second-order valence-corrected chi connectivity index (χ2v) is 7.42. The molecule has 29 heavy (non-hydrogen) atoms. The van der Waals surface area contributed by atoms with Crippen molar-refractivity contribution in [3.8, 4) is 0 Å². The minimum absolute atomic E-state index is 0.0408. The lowest BCUT2D eigenvalue weighted by molar-refractivity contribution is 0.247. The number of aromatic nitrogens is 2. The van der Waals surface area contributed by atoms with Crippen LogP contribution in [0.25, 0.3) is 11.0 Å². The summed E-state index contributed by atoms with van der Waals surface area (Å²) >= 11 is 23.0. The average molecular weight is 472 g/mol. The maximum Gasteiger partial charge on any atom is 0.276 e. The van der Waals surface area contributed by atoms with Crippen LogP contribution in [0.4, 0.5) is 0 Å². The first-order valence-corrected chi connectivity index (χ1v) is 9.51. The molecule has 12 heteroatoms. The molecule has 6 N–H and O–H groups in total. The van der Waals surface area contributed by atoms with Crippen molar-refractivity contribution in [3.63, 3.8) is 0 Å². The number of aliphatic hydroxyl groups excluding tert-OH is 1. The first kappa shape index (κ1) is 21.4. The van der Waals surface area contributed by atoms with Gasteiger partial charge < -0.3 is 10.1 Å². The summed E-state index contributed by atoms with van der Waals surface area (Å²) in [5.74, 6) is 5.23. The number of halogens is 3. The summed E-state index contributed by atoms with van der Waals surface area (Å²) in [6, 6.07) is 9.31. The third kappa shape index (κ3) is 4.84. The zero-order valence-electron chi connectivity index (χ0n) is 14.4. The van der Waals surface area contributed by atoms with Crippen LogP contribution < -0.4 is 22.3 Å². The van der Waals surface area contributed by atoms with Crippen molar-refractivity contribution in [2.24, 2.45) is 10.9 Å². The van der Waals surface area contributed by atoms with Gasteiger partial charge in [-0.2, -0.15) is 5.10 Å². The molecule has 3 rings (SSSR count). The van der Waals surface area contributed by atoms with Crippen LogP contribution in [-0.4, -0.2) is 25.9 Å². The number of hydrogen-bond acceptors (Lipinski definition) is 6. The largest absolute Gasteiger partial charge is 0.382 e. The standard InChI is InChI=1S/C17H13Cl3N6O2S/c18-7-1-3-9(10(20)5-7)15(27)13(25-26-17(29)24-21)14-16(28)23-12-6-8(19)2-4-11(12)22-14/h1-6,15,27H,21H2,(H,23,28)(H2,24,26,29)/b25-13-/t15-/m1/s1. The lowest BCUT2D eigenvalue weighted by Gasteiger charge is -2.16. The van der Waals surface area contributed by atoms with E-state index in [2.05, 4.69) is 25.9 Å². The zero-order chi connectivity index (χ0) is 21.1. The first-order valence-electron chi connectivity index (χ1n) is 7.97. The second-order valence-electron chi connectivity index (χ2n) is 5.73. The number of nitrogens with one attached hydrogen (secondary N) is 3. The molecule has 0 bridgehead atoms. The first-order chi connectivity index (χ1) is 13.8. The van der Waals surface area contributed by atoms with Crippen LogP contribution in [0.2, 0.25) is 15.1 Å². The van der Waals surface area contributed by atoms with Gasteiger partial charge in [0, 0.05) is 20.6 Å². The third-order valence-corrected chi connectivity index (χ3v) is 4.83. The van der Waals surface area contributed by atoms with Gasteiger partial charge in [0.05, 0.1) is 11.0 Å². The molecule has 1 aromatic heterocycles. The Kier molecular flexibility index (Phi) is 6.68. The molecule has 8 nitrogen and oxygen atoms in total. The van der Waals surface area contributed by atoms with Gasteiger partial charge in [0.25, 0.3) is 5.56 Å². The van der Waals surface area contributed by atoms with Gasteiger partial charge in [0.2, 0.25) is 5.11 Å². The topological polar surface area (TPSA) is 128 Å². The molecule has 0 amide bonds. The van der Waals surface area contributed by atoms with Gasteiger partial charge in [0.1, 0.15) is 11.8 Å². The summed E-state index contributed by atoms with van der Waals surface area (Å²) in [5.41, 5.74) is 4.87. The van der Waals surface area contributed by atoms with Crippen LogP contribution in [0.1, 0.15) is 17.4 Å². The van der Waals surface area contributed by atoms with Crippen molar-refractivity contribution >= 4 is 68.9 Å². The molecule has 0 unspecified atom stereocenters. The zero-order valence-corrected chi connectivity index (χ0v) is 17.5. The van der Waals surface area contributed by atoms with Crippen molar-refractivity contribution in [2.45, 2.75) is 6.10 Å². The Morgan fingerprint density at radius 2 is 1.90 bits per heavy atom. The van der Waals surface area contributed by atoms with Crippen molar-refractivity contribution in [1.82, 2.24) is 20.8 Å². The van der Waals surface area contributed by atoms with Gasteiger partial charge in [-0.15, -0.1) is 0 Å². The number of aromatic amines is 1. The number of rotatable bonds is 4. The fourth-order valence-electron chi connectivity index (χ4n) is 2.49. The fraction of sp³-hybridized carbons (Fsp3) is 0.0588. The molecule has 0 saturated heterocycles. The van der Waals surface area contributed by atoms with Gasteiger partial charge >= 0.3 is 0 Å². The van der Waals surface area contributed by atoms with Gasteiger partial charge in [-0.3, -0.25) is 15.6 Å². The summed E-state index contributed by atoms with van der Waals surface area (Å²) in [6.45, 7) is 0. The van der Waals surface area contributed by atoms with E-state index in [-0.39, 0.29) is 27.1 Å². The number of benzene rings is 2. The SMILES string of the molecule is NNC(=S)N/N=C(/c1nc2ccc(Cl)cc2[nH]c1=O)[C@H](O)c1ccc(Cl)cc1Cl. The minimum Gasteiger partial charge on any atom is -0.382 e. The van der Waals surface area contributed by atoms with E-state index in [1.165, 1.54) is 12.1 Å². The molecular weight excluding hydrogens is 459 g/mol. The normalized spacial score (nSPS) is 12.7. The number of aliphatic hydroxyl groups is 1. The minimum atomic E-state index is -1.42. The predicted octanol–water partition coefficient (Wildman–Crippen LogP) is 2.66. The number of hydrazone groups is 1. The maximum atomic E-state index is 12.7. The summed E-state index contributed by atoms with van der Waals surface area (Å²) in [6.07, 6.45) is -1.42. The predicted molar refractivity (Wildman–Crippen MR) is 118 cm³/mol. The van der Waals surface area contributed by atoms with Crippen LogP contribution in [-0.2, 0) is 0 Å². The quantitative estimate of drug-likeness (QED) is 0.171. The highest BCUT2D eigenvalue weighted by atomic mass is 35.5. The molecular formula is C17H13Cl3N6O2S. The molecule has 0 fully saturated rings. The van der Waals surface area contributed by atoms with Crippen molar-refractivity contribution in [1.29, 1.82) is 0 Å². The molecule has 0 aliphatic rings. The van der Waals surface area contributed by atoms with Crippen LogP contribution >= 0.6 is 47.0 Å². The van der Waals surface area contributed by atoms with Crippen LogP contribution in [0.3, 0.4) is 0 Å². The fourth-order valence-corrected chi connectivity index (χ4v) is 3.22. The van der Waals surface area contributed by atoms with Gasteiger partial charge in [0.15, 0.2) is 5.69 Å². The number of hydrogen-bond donors (Lipinski definition) is 5. The lowest BCUT2D eigenvalue weighted by atomic mass is 10.0. The van der Waals surface area contributed by atoms with Crippen molar-refractivity contribution in [2.75, 3.05) is 0 Å². The van der Waals surface area contributed by atoms with E-state index < -0.39 is 11.7 Å². The molecule has 1 heterocycles. The van der Waals surface area contributed by atoms with Gasteiger partial charge in [-0.1, -0.05) is 40.9 Å². The maximum absolute atomic E-state index is 12.7. The number of H-pyrrole nitrogens is 1. The number of nitrogens with zero attached hydrogens (tertiary/aromatic N) is 2. The van der Waals surface area contributed by atoms with Gasteiger partial charge in [-0.05, 0) is 42.5 Å². The Bertz CT molecular complexity index is 1180. The average Bonchev–Trinajstić information content (AvgIpc) is 2.68. The van der Waals surface area contributed by atoms with Crippen molar-refractivity contribution < 1.29 is 5.11 Å². The van der Waals surface area contributed by atoms with Crippen LogP contribution in [0.5, 0.6) is 0 Å². The van der Waals surface area contributed by atoms with E-state index in [0.717, 1.165) is 0 Å². The van der Waals surface area contributed by atoms with E-state index in [0.29, 0.717) is 21.1 Å². The van der Waals surface area contributed by atoms with Crippen molar-refractivity contribution in [3.05, 3.63) is 73.1 Å². The highest BCUT2D eigenvalue weighted by molar-refractivity contribution is 7.80. The van der Waals surface area contributed by atoms with E-state index in [1.807, 2.05) is 0 Å².